The van der Waals surface area contributed by atoms with Crippen molar-refractivity contribution in [2.45, 2.75) is 13.0 Å². The first-order chi connectivity index (χ1) is 13.4. The van der Waals surface area contributed by atoms with Crippen molar-refractivity contribution in [3.05, 3.63) is 80.7 Å². The summed E-state index contributed by atoms with van der Waals surface area (Å²) < 4.78 is 10.4. The van der Waals surface area contributed by atoms with Crippen LogP contribution >= 0.6 is 0 Å². The molecule has 0 fully saturated rings. The van der Waals surface area contributed by atoms with Crippen LogP contribution in [0.25, 0.3) is 11.0 Å². The Morgan fingerprint density at radius 2 is 1.82 bits per heavy atom. The zero-order valence-electron chi connectivity index (χ0n) is 14.6. The molecule has 3 aromatic rings. The molecule has 1 aromatic heterocycles. The molecule has 1 amide bonds. The minimum atomic E-state index is -1.29. The molecule has 28 heavy (non-hydrogen) atoms. The summed E-state index contributed by atoms with van der Waals surface area (Å²) in [7, 11) is 0. The lowest BCUT2D eigenvalue weighted by Crippen LogP contribution is -2.30. The van der Waals surface area contributed by atoms with Gasteiger partial charge in [0.05, 0.1) is 10.3 Å². The van der Waals surface area contributed by atoms with Gasteiger partial charge in [-0.3, -0.25) is 19.7 Å². The van der Waals surface area contributed by atoms with E-state index in [-0.39, 0.29) is 22.7 Å². The predicted molar refractivity (Wildman–Crippen MR) is 99.1 cm³/mol. The molecule has 0 radical (unpaired) electrons. The van der Waals surface area contributed by atoms with Crippen molar-refractivity contribution in [2.75, 3.05) is 5.32 Å². The quantitative estimate of drug-likeness (QED) is 0.408. The zero-order valence-corrected chi connectivity index (χ0v) is 14.6. The Kier molecular flexibility index (Phi) is 5.16. The SMILES string of the molecule is CC(OC(=O)c1cc(=O)c2ccccc2o1)C(=O)Nc1ccccc1[N+](=O)[O-]. The molecule has 2 aromatic carbocycles. The van der Waals surface area contributed by atoms with E-state index in [0.29, 0.717) is 5.39 Å². The lowest BCUT2D eigenvalue weighted by Gasteiger charge is -2.13. The number of para-hydroxylation sites is 3. The molecule has 0 aliphatic heterocycles. The lowest BCUT2D eigenvalue weighted by molar-refractivity contribution is -0.383. The maximum absolute atomic E-state index is 12.2. The number of nitro groups is 1. The fourth-order valence-corrected chi connectivity index (χ4v) is 2.45. The molecule has 3 rings (SSSR count). The summed E-state index contributed by atoms with van der Waals surface area (Å²) in [5, 5.41) is 13.6. The topological polar surface area (TPSA) is 129 Å². The Bertz CT molecular complexity index is 1140. The highest BCUT2D eigenvalue weighted by atomic mass is 16.6. The van der Waals surface area contributed by atoms with Crippen LogP contribution in [0.3, 0.4) is 0 Å². The number of nitrogens with one attached hydrogen (secondary N) is 1. The van der Waals surface area contributed by atoms with E-state index in [1.165, 1.54) is 37.3 Å². The summed E-state index contributed by atoms with van der Waals surface area (Å²) in [5.41, 5.74) is -0.544. The molecule has 0 aliphatic rings. The van der Waals surface area contributed by atoms with Crippen LogP contribution in [0.15, 0.2) is 63.8 Å². The second-order valence-electron chi connectivity index (χ2n) is 5.78. The van der Waals surface area contributed by atoms with E-state index in [0.717, 1.165) is 6.07 Å². The largest absolute Gasteiger partial charge is 0.449 e. The van der Waals surface area contributed by atoms with Gasteiger partial charge < -0.3 is 14.5 Å². The summed E-state index contributed by atoms with van der Waals surface area (Å²) in [5.74, 6) is -2.13. The molecule has 1 heterocycles. The molecule has 0 bridgehead atoms. The van der Waals surface area contributed by atoms with Crippen LogP contribution in [0.2, 0.25) is 0 Å². The van der Waals surface area contributed by atoms with Crippen LogP contribution in [-0.4, -0.2) is 22.9 Å². The van der Waals surface area contributed by atoms with Gasteiger partial charge in [-0.1, -0.05) is 24.3 Å². The van der Waals surface area contributed by atoms with Gasteiger partial charge >= 0.3 is 5.97 Å². The first-order valence-electron chi connectivity index (χ1n) is 8.15. The first kappa shape index (κ1) is 18.8. The summed E-state index contributed by atoms with van der Waals surface area (Å²) in [6.45, 7) is 1.29. The van der Waals surface area contributed by atoms with Gasteiger partial charge in [-0.15, -0.1) is 0 Å². The van der Waals surface area contributed by atoms with Gasteiger partial charge in [0.2, 0.25) is 5.76 Å². The minimum absolute atomic E-state index is 0.0300. The third-order valence-electron chi connectivity index (χ3n) is 3.85. The number of nitrogens with zero attached hydrogens (tertiary/aromatic N) is 1. The van der Waals surface area contributed by atoms with Crippen molar-refractivity contribution in [3.63, 3.8) is 0 Å². The molecule has 0 spiro atoms. The molecule has 9 nitrogen and oxygen atoms in total. The molecule has 142 valence electrons. The first-order valence-corrected chi connectivity index (χ1v) is 8.15. The number of anilines is 1. The van der Waals surface area contributed by atoms with Gasteiger partial charge in [-0.05, 0) is 25.1 Å². The number of carbonyl (C=O) groups excluding carboxylic acids is 2. The van der Waals surface area contributed by atoms with Crippen molar-refractivity contribution >= 4 is 34.2 Å². The molecule has 0 saturated heterocycles. The van der Waals surface area contributed by atoms with Crippen LogP contribution in [0.1, 0.15) is 17.5 Å². The summed E-state index contributed by atoms with van der Waals surface area (Å²) in [4.78, 5) is 46.9. The number of ether oxygens (including phenoxy) is 1. The summed E-state index contributed by atoms with van der Waals surface area (Å²) in [6.07, 6.45) is -1.29. The third kappa shape index (κ3) is 3.88. The number of fused-ring (bicyclic) bond motifs is 1. The normalized spacial score (nSPS) is 11.6. The number of amides is 1. The van der Waals surface area contributed by atoms with Crippen LogP contribution in [-0.2, 0) is 9.53 Å². The number of rotatable bonds is 5. The monoisotopic (exact) mass is 382 g/mol. The van der Waals surface area contributed by atoms with E-state index in [4.69, 9.17) is 9.15 Å². The lowest BCUT2D eigenvalue weighted by atomic mass is 10.2. The van der Waals surface area contributed by atoms with Gasteiger partial charge in [-0.2, -0.15) is 0 Å². The molecule has 1 unspecified atom stereocenters. The highest BCUT2D eigenvalue weighted by Gasteiger charge is 2.23. The van der Waals surface area contributed by atoms with Crippen LogP contribution in [0.5, 0.6) is 0 Å². The van der Waals surface area contributed by atoms with Crippen LogP contribution in [0, 0.1) is 10.1 Å². The Labute approximate surface area is 157 Å². The number of hydrogen-bond acceptors (Lipinski definition) is 7. The molecule has 1 N–H and O–H groups in total. The smallest absolute Gasteiger partial charge is 0.375 e. The maximum Gasteiger partial charge on any atom is 0.375 e. The number of hydrogen-bond donors (Lipinski definition) is 1. The average molecular weight is 382 g/mol. The second kappa shape index (κ2) is 7.70. The van der Waals surface area contributed by atoms with E-state index in [2.05, 4.69) is 5.32 Å². The predicted octanol–water partition coefficient (Wildman–Crippen LogP) is 2.89. The number of esters is 1. The van der Waals surface area contributed by atoms with E-state index in [1.54, 1.807) is 18.2 Å². The van der Waals surface area contributed by atoms with Gasteiger partial charge in [0, 0.05) is 12.1 Å². The summed E-state index contributed by atoms with van der Waals surface area (Å²) >= 11 is 0. The van der Waals surface area contributed by atoms with Crippen molar-refractivity contribution in [1.29, 1.82) is 0 Å². The van der Waals surface area contributed by atoms with E-state index in [1.807, 2.05) is 0 Å². The third-order valence-corrected chi connectivity index (χ3v) is 3.85. The zero-order chi connectivity index (χ0) is 20.3. The standard InChI is InChI=1S/C19H14N2O7/c1-11(18(23)20-13-7-3-4-8-14(13)21(25)26)27-19(24)17-10-15(22)12-6-2-5-9-16(12)28-17/h2-11H,1H3,(H,20,23). The number of nitro benzene ring substituents is 1. The molecular weight excluding hydrogens is 368 g/mol. The summed E-state index contributed by atoms with van der Waals surface area (Å²) in [6, 6.07) is 12.9. The van der Waals surface area contributed by atoms with Crippen molar-refractivity contribution in [2.24, 2.45) is 0 Å². The Balaban J connectivity index is 1.75. The van der Waals surface area contributed by atoms with Gasteiger partial charge in [-0.25, -0.2) is 4.79 Å². The molecule has 9 heteroatoms. The van der Waals surface area contributed by atoms with Crippen molar-refractivity contribution < 1.29 is 23.7 Å². The number of carbonyl (C=O) groups is 2. The van der Waals surface area contributed by atoms with E-state index >= 15 is 0 Å². The highest BCUT2D eigenvalue weighted by molar-refractivity contribution is 5.98. The van der Waals surface area contributed by atoms with E-state index in [9.17, 15) is 24.5 Å². The van der Waals surface area contributed by atoms with Crippen LogP contribution < -0.4 is 10.7 Å². The molecule has 0 saturated carbocycles. The van der Waals surface area contributed by atoms with Crippen molar-refractivity contribution in [3.8, 4) is 0 Å². The van der Waals surface area contributed by atoms with Gasteiger partial charge in [0.1, 0.15) is 11.3 Å². The molecular formula is C19H14N2O7. The average Bonchev–Trinajstić information content (AvgIpc) is 2.68. The molecule has 0 aliphatic carbocycles. The Hall–Kier alpha value is -4.01. The van der Waals surface area contributed by atoms with Gasteiger partial charge in [0.25, 0.3) is 11.6 Å². The second-order valence-corrected chi connectivity index (χ2v) is 5.78. The van der Waals surface area contributed by atoms with E-state index < -0.39 is 28.3 Å². The maximum atomic E-state index is 12.2. The number of benzene rings is 2. The van der Waals surface area contributed by atoms with Crippen LogP contribution in [0.4, 0.5) is 11.4 Å². The Morgan fingerprint density at radius 3 is 2.57 bits per heavy atom. The van der Waals surface area contributed by atoms with Crippen molar-refractivity contribution in [1.82, 2.24) is 0 Å². The van der Waals surface area contributed by atoms with Gasteiger partial charge in [0.15, 0.2) is 11.5 Å². The fraction of sp³-hybridized carbons (Fsp3) is 0.105. The molecule has 1 atom stereocenters. The minimum Gasteiger partial charge on any atom is -0.449 e. The highest BCUT2D eigenvalue weighted by Crippen LogP contribution is 2.23. The Morgan fingerprint density at radius 1 is 1.14 bits per heavy atom. The fourth-order valence-electron chi connectivity index (χ4n) is 2.45.